The summed E-state index contributed by atoms with van der Waals surface area (Å²) in [6.45, 7) is 3.75. The number of hydrogen-bond donors (Lipinski definition) is 2. The normalized spacial score (nSPS) is 11.0. The van der Waals surface area contributed by atoms with Gasteiger partial charge in [0.15, 0.2) is 6.61 Å². The summed E-state index contributed by atoms with van der Waals surface area (Å²) >= 11 is 0. The molecular weight excluding hydrogens is 348 g/mol. The predicted octanol–water partition coefficient (Wildman–Crippen LogP) is 2.88. The molecule has 0 aliphatic carbocycles. The smallest absolute Gasteiger partial charge is 0.338 e. The molecule has 27 heavy (non-hydrogen) atoms. The van der Waals surface area contributed by atoms with E-state index in [0.717, 1.165) is 5.56 Å². The summed E-state index contributed by atoms with van der Waals surface area (Å²) in [6, 6.07) is 12.9. The lowest BCUT2D eigenvalue weighted by molar-refractivity contribution is -0.123. The van der Waals surface area contributed by atoms with Crippen LogP contribution in [-0.2, 0) is 9.53 Å². The van der Waals surface area contributed by atoms with Gasteiger partial charge in [-0.1, -0.05) is 6.92 Å². The highest BCUT2D eigenvalue weighted by atomic mass is 16.5. The number of esters is 1. The van der Waals surface area contributed by atoms with Crippen molar-refractivity contribution in [1.29, 1.82) is 0 Å². The van der Waals surface area contributed by atoms with Crippen LogP contribution in [0, 0.1) is 0 Å². The third-order valence-electron chi connectivity index (χ3n) is 3.59. The van der Waals surface area contributed by atoms with Crippen molar-refractivity contribution in [2.24, 2.45) is 5.10 Å². The zero-order chi connectivity index (χ0) is 19.6. The van der Waals surface area contributed by atoms with E-state index in [4.69, 9.17) is 9.47 Å². The maximum Gasteiger partial charge on any atom is 0.338 e. The lowest BCUT2D eigenvalue weighted by atomic mass is 10.1. The van der Waals surface area contributed by atoms with E-state index in [-0.39, 0.29) is 12.4 Å². The minimum atomic E-state index is -0.408. The largest absolute Gasteiger partial charge is 0.508 e. The number of nitrogens with zero attached hydrogens (tertiary/aromatic N) is 1. The minimum Gasteiger partial charge on any atom is -0.508 e. The van der Waals surface area contributed by atoms with Crippen molar-refractivity contribution in [3.63, 3.8) is 0 Å². The molecule has 0 aliphatic rings. The van der Waals surface area contributed by atoms with Crippen LogP contribution in [0.15, 0.2) is 53.6 Å². The number of hydrogen-bond acceptors (Lipinski definition) is 6. The fourth-order valence-corrected chi connectivity index (χ4v) is 2.21. The van der Waals surface area contributed by atoms with Crippen LogP contribution in [0.1, 0.15) is 36.2 Å². The van der Waals surface area contributed by atoms with Gasteiger partial charge >= 0.3 is 5.97 Å². The van der Waals surface area contributed by atoms with Gasteiger partial charge in [-0.05, 0) is 67.4 Å². The van der Waals surface area contributed by atoms with Crippen molar-refractivity contribution in [1.82, 2.24) is 5.43 Å². The van der Waals surface area contributed by atoms with Crippen LogP contribution in [0.4, 0.5) is 0 Å². The molecule has 1 amide bonds. The van der Waals surface area contributed by atoms with Gasteiger partial charge in [0.05, 0.1) is 17.9 Å². The van der Waals surface area contributed by atoms with Crippen LogP contribution in [-0.4, -0.2) is 35.9 Å². The van der Waals surface area contributed by atoms with Crippen LogP contribution in [0.2, 0.25) is 0 Å². The second-order valence-electron chi connectivity index (χ2n) is 5.53. The number of hydrazone groups is 1. The molecule has 7 heteroatoms. The van der Waals surface area contributed by atoms with Crippen molar-refractivity contribution in [2.75, 3.05) is 13.2 Å². The molecule has 2 aromatic rings. The second-order valence-corrected chi connectivity index (χ2v) is 5.53. The van der Waals surface area contributed by atoms with Crippen molar-refractivity contribution in [3.05, 3.63) is 59.7 Å². The van der Waals surface area contributed by atoms with E-state index in [0.29, 0.717) is 30.1 Å². The topological polar surface area (TPSA) is 97.2 Å². The third kappa shape index (κ3) is 6.14. The number of aromatic hydroxyl groups is 1. The Labute approximate surface area is 157 Å². The molecule has 0 aromatic heterocycles. The summed E-state index contributed by atoms with van der Waals surface area (Å²) in [5.74, 6) is -0.191. The number of carbonyl (C=O) groups excluding carboxylic acids is 2. The molecule has 0 saturated carbocycles. The average Bonchev–Trinajstić information content (AvgIpc) is 2.68. The molecule has 0 spiro atoms. The summed E-state index contributed by atoms with van der Waals surface area (Å²) < 4.78 is 10.3. The van der Waals surface area contributed by atoms with Gasteiger partial charge in [0, 0.05) is 0 Å². The van der Waals surface area contributed by atoms with Crippen molar-refractivity contribution in [2.45, 2.75) is 20.3 Å². The monoisotopic (exact) mass is 370 g/mol. The number of amides is 1. The SMILES string of the molecule is CCOC(=O)c1ccc(OCC(=O)NN=C(CC)c2ccc(O)cc2)cc1. The number of rotatable bonds is 8. The quantitative estimate of drug-likeness (QED) is 0.423. The molecule has 2 aromatic carbocycles. The molecule has 0 bridgehead atoms. The average molecular weight is 370 g/mol. The van der Waals surface area contributed by atoms with Crippen molar-refractivity contribution < 1.29 is 24.2 Å². The maximum absolute atomic E-state index is 11.9. The molecule has 142 valence electrons. The van der Waals surface area contributed by atoms with E-state index >= 15 is 0 Å². The Balaban J connectivity index is 1.88. The van der Waals surface area contributed by atoms with E-state index < -0.39 is 11.9 Å². The van der Waals surface area contributed by atoms with Crippen LogP contribution in [0.25, 0.3) is 0 Å². The van der Waals surface area contributed by atoms with E-state index in [1.807, 2.05) is 6.92 Å². The van der Waals surface area contributed by atoms with Gasteiger partial charge in [0.1, 0.15) is 11.5 Å². The molecule has 7 nitrogen and oxygen atoms in total. The Bertz CT molecular complexity index is 798. The molecule has 0 unspecified atom stereocenters. The van der Waals surface area contributed by atoms with Gasteiger partial charge < -0.3 is 14.6 Å². The molecule has 2 rings (SSSR count). The van der Waals surface area contributed by atoms with Gasteiger partial charge in [-0.25, -0.2) is 10.2 Å². The van der Waals surface area contributed by atoms with E-state index in [9.17, 15) is 14.7 Å². The molecule has 0 fully saturated rings. The Kier molecular flexibility index (Phi) is 7.37. The highest BCUT2D eigenvalue weighted by molar-refractivity contribution is 6.01. The van der Waals surface area contributed by atoms with Crippen LogP contribution >= 0.6 is 0 Å². The fourth-order valence-electron chi connectivity index (χ4n) is 2.21. The number of nitrogens with one attached hydrogen (secondary N) is 1. The Morgan fingerprint density at radius 2 is 1.63 bits per heavy atom. The summed E-state index contributed by atoms with van der Waals surface area (Å²) in [7, 11) is 0. The van der Waals surface area contributed by atoms with Crippen molar-refractivity contribution >= 4 is 17.6 Å². The van der Waals surface area contributed by atoms with Crippen molar-refractivity contribution in [3.8, 4) is 11.5 Å². The molecule has 0 saturated heterocycles. The molecule has 0 heterocycles. The number of ether oxygens (including phenoxy) is 2. The predicted molar refractivity (Wildman–Crippen MR) is 101 cm³/mol. The number of phenols is 1. The molecule has 2 N–H and O–H groups in total. The Morgan fingerprint density at radius 3 is 2.22 bits per heavy atom. The minimum absolute atomic E-state index is 0.167. The first-order valence-corrected chi connectivity index (χ1v) is 8.58. The molecular formula is C20H22N2O5. The van der Waals surface area contributed by atoms with E-state index in [1.165, 1.54) is 0 Å². The van der Waals surface area contributed by atoms with Crippen LogP contribution < -0.4 is 10.2 Å². The zero-order valence-electron chi connectivity index (χ0n) is 15.3. The van der Waals surface area contributed by atoms with E-state index in [2.05, 4.69) is 10.5 Å². The first kappa shape index (κ1) is 20.0. The van der Waals surface area contributed by atoms with Gasteiger partial charge in [-0.3, -0.25) is 4.79 Å². The van der Waals surface area contributed by atoms with Crippen LogP contribution in [0.3, 0.4) is 0 Å². The van der Waals surface area contributed by atoms with Gasteiger partial charge in [-0.15, -0.1) is 0 Å². The summed E-state index contributed by atoms with van der Waals surface area (Å²) in [5, 5.41) is 13.4. The standard InChI is InChI=1S/C20H22N2O5/c1-3-18(14-5-9-16(23)10-6-14)21-22-19(24)13-27-17-11-7-15(8-12-17)20(25)26-4-2/h5-12,23H,3-4,13H2,1-2H3,(H,22,24). The van der Waals surface area contributed by atoms with E-state index in [1.54, 1.807) is 55.5 Å². The lowest BCUT2D eigenvalue weighted by Crippen LogP contribution is -2.26. The Morgan fingerprint density at radius 1 is 1.00 bits per heavy atom. The summed E-state index contributed by atoms with van der Waals surface area (Å²) in [4.78, 5) is 23.5. The van der Waals surface area contributed by atoms with Gasteiger partial charge in [0.2, 0.25) is 0 Å². The fraction of sp³-hybridized carbons (Fsp3) is 0.250. The van der Waals surface area contributed by atoms with Gasteiger partial charge in [-0.2, -0.15) is 5.10 Å². The highest BCUT2D eigenvalue weighted by Crippen LogP contribution is 2.13. The Hall–Kier alpha value is -3.35. The number of carbonyl (C=O) groups is 2. The molecule has 0 atom stereocenters. The first-order chi connectivity index (χ1) is 13.0. The maximum atomic E-state index is 11.9. The second kappa shape index (κ2) is 9.96. The molecule has 0 radical (unpaired) electrons. The summed E-state index contributed by atoms with van der Waals surface area (Å²) in [6.07, 6.45) is 0.612. The third-order valence-corrected chi connectivity index (χ3v) is 3.59. The first-order valence-electron chi connectivity index (χ1n) is 8.58. The molecule has 0 aliphatic heterocycles. The number of phenolic OH excluding ortho intramolecular Hbond substituents is 1. The lowest BCUT2D eigenvalue weighted by Gasteiger charge is -2.08. The number of benzene rings is 2. The van der Waals surface area contributed by atoms with Gasteiger partial charge in [0.25, 0.3) is 5.91 Å². The summed E-state index contributed by atoms with van der Waals surface area (Å²) in [5.41, 5.74) is 4.36. The van der Waals surface area contributed by atoms with Crippen LogP contribution in [0.5, 0.6) is 11.5 Å². The zero-order valence-corrected chi connectivity index (χ0v) is 15.3. The highest BCUT2D eigenvalue weighted by Gasteiger charge is 2.08.